The van der Waals surface area contributed by atoms with Crippen molar-refractivity contribution in [2.45, 2.75) is 31.8 Å². The van der Waals surface area contributed by atoms with Crippen molar-refractivity contribution in [2.75, 3.05) is 13.1 Å². The molecule has 0 radical (unpaired) electrons. The molecule has 2 aromatic carbocycles. The molecule has 2 N–H and O–H groups in total. The Bertz CT molecular complexity index is 865. The lowest BCUT2D eigenvalue weighted by Gasteiger charge is -2.34. The van der Waals surface area contributed by atoms with Crippen LogP contribution in [0.4, 0.5) is 0 Å². The number of benzene rings is 2. The highest BCUT2D eigenvalue weighted by molar-refractivity contribution is 5.77. The number of aromatic amines is 1. The highest BCUT2D eigenvalue weighted by Gasteiger charge is 2.28. The van der Waals surface area contributed by atoms with E-state index in [1.165, 1.54) is 0 Å². The smallest absolute Gasteiger partial charge is 0.223 e. The zero-order valence-corrected chi connectivity index (χ0v) is 15.3. The van der Waals surface area contributed by atoms with Crippen molar-refractivity contribution < 1.29 is 9.90 Å². The van der Waals surface area contributed by atoms with Gasteiger partial charge < -0.3 is 15.0 Å². The van der Waals surface area contributed by atoms with Crippen LogP contribution >= 0.6 is 0 Å². The summed E-state index contributed by atoms with van der Waals surface area (Å²) in [7, 11) is 0. The molecule has 3 aromatic rings. The van der Waals surface area contributed by atoms with E-state index < -0.39 is 6.10 Å². The fraction of sp³-hybridized carbons (Fsp3) is 0.364. The molecule has 140 valence electrons. The average Bonchev–Trinajstić information content (AvgIpc) is 3.15. The number of likely N-dealkylation sites (tertiary alicyclic amines) is 1. The third-order valence-electron chi connectivity index (χ3n) is 5.49. The highest BCUT2D eigenvalue weighted by Crippen LogP contribution is 2.30. The molecule has 0 spiro atoms. The molecule has 5 heteroatoms. The van der Waals surface area contributed by atoms with E-state index in [0.717, 1.165) is 35.3 Å². The van der Waals surface area contributed by atoms with E-state index >= 15 is 0 Å². The van der Waals surface area contributed by atoms with Gasteiger partial charge in [0.25, 0.3) is 0 Å². The van der Waals surface area contributed by atoms with Crippen molar-refractivity contribution in [3.05, 3.63) is 66.0 Å². The average molecular weight is 363 g/mol. The summed E-state index contributed by atoms with van der Waals surface area (Å²) in [5, 5.41) is 10.6. The van der Waals surface area contributed by atoms with Crippen molar-refractivity contribution >= 4 is 16.9 Å². The number of fused-ring (bicyclic) bond motifs is 1. The first-order valence-corrected chi connectivity index (χ1v) is 9.65. The van der Waals surface area contributed by atoms with Gasteiger partial charge in [-0.1, -0.05) is 42.5 Å². The number of hydrogen-bond acceptors (Lipinski definition) is 3. The summed E-state index contributed by atoms with van der Waals surface area (Å²) in [4.78, 5) is 22.3. The molecule has 5 nitrogen and oxygen atoms in total. The number of amides is 1. The number of H-pyrrole nitrogens is 1. The summed E-state index contributed by atoms with van der Waals surface area (Å²) < 4.78 is 0. The standard InChI is InChI=1S/C22H25N3O2/c26-21(11-10-20-23-18-8-4-5-9-19(18)24-20)25-14-12-17(13-15-25)22(27)16-6-2-1-3-7-16/h1-9,17,22,27H,10-15H2,(H,23,24). The topological polar surface area (TPSA) is 69.2 Å². The summed E-state index contributed by atoms with van der Waals surface area (Å²) in [5.74, 6) is 1.24. The van der Waals surface area contributed by atoms with Crippen LogP contribution in [-0.2, 0) is 11.2 Å². The molecule has 4 rings (SSSR count). The van der Waals surface area contributed by atoms with E-state index in [1.54, 1.807) is 0 Å². The second kappa shape index (κ2) is 7.92. The van der Waals surface area contributed by atoms with E-state index in [2.05, 4.69) is 9.97 Å². The highest BCUT2D eigenvalue weighted by atomic mass is 16.3. The van der Waals surface area contributed by atoms with Crippen molar-refractivity contribution in [3.8, 4) is 0 Å². The number of rotatable bonds is 5. The molecule has 0 saturated carbocycles. The number of para-hydroxylation sites is 2. The molecule has 1 aliphatic rings. The summed E-state index contributed by atoms with van der Waals surface area (Å²) in [6.45, 7) is 1.43. The Morgan fingerprint density at radius 1 is 1.11 bits per heavy atom. The quantitative estimate of drug-likeness (QED) is 0.729. The summed E-state index contributed by atoms with van der Waals surface area (Å²) in [6.07, 6.45) is 2.32. The van der Waals surface area contributed by atoms with Crippen LogP contribution < -0.4 is 0 Å². The maximum absolute atomic E-state index is 12.6. The third-order valence-corrected chi connectivity index (χ3v) is 5.49. The Labute approximate surface area is 159 Å². The molecule has 1 unspecified atom stereocenters. The number of aliphatic hydroxyl groups is 1. The molecule has 1 aromatic heterocycles. The fourth-order valence-electron chi connectivity index (χ4n) is 3.89. The van der Waals surface area contributed by atoms with Gasteiger partial charge in [-0.2, -0.15) is 0 Å². The predicted molar refractivity (Wildman–Crippen MR) is 105 cm³/mol. The van der Waals surface area contributed by atoms with E-state index in [4.69, 9.17) is 0 Å². The SMILES string of the molecule is O=C(CCc1nc2ccccc2[nH]1)N1CCC(C(O)c2ccccc2)CC1. The first kappa shape index (κ1) is 17.7. The van der Waals surface area contributed by atoms with Gasteiger partial charge in [0.05, 0.1) is 17.1 Å². The number of carbonyl (C=O) groups is 1. The van der Waals surface area contributed by atoms with Crippen LogP contribution in [0.2, 0.25) is 0 Å². The Kier molecular flexibility index (Phi) is 5.21. The molecule has 0 aliphatic carbocycles. The Balaban J connectivity index is 1.28. The largest absolute Gasteiger partial charge is 0.388 e. The Morgan fingerprint density at radius 3 is 2.56 bits per heavy atom. The van der Waals surface area contributed by atoms with Gasteiger partial charge in [0.2, 0.25) is 5.91 Å². The van der Waals surface area contributed by atoms with Gasteiger partial charge in [0.1, 0.15) is 5.82 Å². The van der Waals surface area contributed by atoms with E-state index in [-0.39, 0.29) is 11.8 Å². The molecular weight excluding hydrogens is 338 g/mol. The minimum absolute atomic E-state index is 0.170. The monoisotopic (exact) mass is 363 g/mol. The van der Waals surface area contributed by atoms with Gasteiger partial charge in [0, 0.05) is 25.9 Å². The molecule has 1 aliphatic heterocycles. The van der Waals surface area contributed by atoms with Crippen molar-refractivity contribution in [3.63, 3.8) is 0 Å². The number of nitrogens with one attached hydrogen (secondary N) is 1. The van der Waals surface area contributed by atoms with Gasteiger partial charge in [-0.3, -0.25) is 4.79 Å². The van der Waals surface area contributed by atoms with Crippen LogP contribution in [0.3, 0.4) is 0 Å². The maximum atomic E-state index is 12.6. The van der Waals surface area contributed by atoms with E-state index in [9.17, 15) is 9.90 Å². The fourth-order valence-corrected chi connectivity index (χ4v) is 3.89. The first-order valence-electron chi connectivity index (χ1n) is 9.65. The number of piperidine rings is 1. The number of aromatic nitrogens is 2. The van der Waals surface area contributed by atoms with Gasteiger partial charge in [-0.15, -0.1) is 0 Å². The van der Waals surface area contributed by atoms with Crippen LogP contribution in [0, 0.1) is 5.92 Å². The van der Waals surface area contributed by atoms with Gasteiger partial charge in [-0.05, 0) is 36.5 Å². The van der Waals surface area contributed by atoms with Crippen molar-refractivity contribution in [1.82, 2.24) is 14.9 Å². The summed E-state index contributed by atoms with van der Waals surface area (Å²) in [5.41, 5.74) is 2.92. The normalized spacial score (nSPS) is 16.6. The lowest BCUT2D eigenvalue weighted by atomic mass is 9.87. The zero-order chi connectivity index (χ0) is 18.6. The number of carbonyl (C=O) groups excluding carboxylic acids is 1. The number of hydrogen-bond donors (Lipinski definition) is 2. The van der Waals surface area contributed by atoms with Gasteiger partial charge >= 0.3 is 0 Å². The molecule has 1 atom stereocenters. The molecule has 0 bridgehead atoms. The van der Waals surface area contributed by atoms with Crippen LogP contribution in [0.5, 0.6) is 0 Å². The molecule has 1 amide bonds. The number of aryl methyl sites for hydroxylation is 1. The zero-order valence-electron chi connectivity index (χ0n) is 15.3. The Morgan fingerprint density at radius 2 is 1.81 bits per heavy atom. The van der Waals surface area contributed by atoms with Gasteiger partial charge in [-0.25, -0.2) is 4.98 Å². The van der Waals surface area contributed by atoms with Crippen LogP contribution in [0.25, 0.3) is 11.0 Å². The number of nitrogens with zero attached hydrogens (tertiary/aromatic N) is 2. The second-order valence-electron chi connectivity index (χ2n) is 7.27. The first-order chi connectivity index (χ1) is 13.2. The van der Waals surface area contributed by atoms with Gasteiger partial charge in [0.15, 0.2) is 0 Å². The third kappa shape index (κ3) is 4.03. The van der Waals surface area contributed by atoms with Crippen LogP contribution in [-0.4, -0.2) is 39.0 Å². The lowest BCUT2D eigenvalue weighted by Crippen LogP contribution is -2.39. The Hall–Kier alpha value is -2.66. The molecule has 1 saturated heterocycles. The molecule has 2 heterocycles. The molecule has 27 heavy (non-hydrogen) atoms. The molecular formula is C22H25N3O2. The van der Waals surface area contributed by atoms with Crippen molar-refractivity contribution in [1.29, 1.82) is 0 Å². The number of imidazole rings is 1. The van der Waals surface area contributed by atoms with Crippen molar-refractivity contribution in [2.24, 2.45) is 5.92 Å². The van der Waals surface area contributed by atoms with Crippen LogP contribution in [0.15, 0.2) is 54.6 Å². The lowest BCUT2D eigenvalue weighted by molar-refractivity contribution is -0.133. The maximum Gasteiger partial charge on any atom is 0.223 e. The van der Waals surface area contributed by atoms with E-state index in [1.807, 2.05) is 59.5 Å². The minimum atomic E-state index is -0.445. The second-order valence-corrected chi connectivity index (χ2v) is 7.27. The number of aliphatic hydroxyl groups excluding tert-OH is 1. The summed E-state index contributed by atoms with van der Waals surface area (Å²) in [6, 6.07) is 17.7. The minimum Gasteiger partial charge on any atom is -0.388 e. The summed E-state index contributed by atoms with van der Waals surface area (Å²) >= 11 is 0. The van der Waals surface area contributed by atoms with Crippen LogP contribution in [0.1, 0.15) is 36.8 Å². The van der Waals surface area contributed by atoms with E-state index in [0.29, 0.717) is 25.9 Å². The molecule has 1 fully saturated rings. The predicted octanol–water partition coefficient (Wildman–Crippen LogP) is 3.47.